The highest BCUT2D eigenvalue weighted by molar-refractivity contribution is 6.30. The summed E-state index contributed by atoms with van der Waals surface area (Å²) >= 11 is 5.93. The molecule has 0 saturated heterocycles. The Bertz CT molecular complexity index is 703. The van der Waals surface area contributed by atoms with Gasteiger partial charge in [-0.1, -0.05) is 49.6 Å². The van der Waals surface area contributed by atoms with E-state index in [1.807, 2.05) is 6.07 Å². The Morgan fingerprint density at radius 2 is 2.04 bits per heavy atom. The Balaban J connectivity index is 1.97. The quantitative estimate of drug-likeness (QED) is 0.479. The van der Waals surface area contributed by atoms with Gasteiger partial charge in [0.15, 0.2) is 6.61 Å². The number of benzene rings is 1. The van der Waals surface area contributed by atoms with Gasteiger partial charge in [0.25, 0.3) is 5.91 Å². The minimum atomic E-state index is -0.589. The van der Waals surface area contributed by atoms with E-state index in [0.717, 1.165) is 19.3 Å². The summed E-state index contributed by atoms with van der Waals surface area (Å²) in [7, 11) is 0. The zero-order chi connectivity index (χ0) is 16.7. The standard InChI is InChI=1S/C17H19ClN2O3/c1-2-3-6-9-19-16(21)11-23-17(22)13-10-15(18)20-14-8-5-4-7-12(13)14/h4-5,7-8,10H,2-3,6,9,11H2,1H3,(H,19,21). The van der Waals surface area contributed by atoms with Crippen molar-refractivity contribution < 1.29 is 14.3 Å². The largest absolute Gasteiger partial charge is 0.452 e. The van der Waals surface area contributed by atoms with E-state index in [9.17, 15) is 9.59 Å². The lowest BCUT2D eigenvalue weighted by Gasteiger charge is -2.08. The third kappa shape index (κ3) is 4.93. The number of fused-ring (bicyclic) bond motifs is 1. The summed E-state index contributed by atoms with van der Waals surface area (Å²) in [6, 6.07) is 8.59. The van der Waals surface area contributed by atoms with Crippen LogP contribution in [-0.4, -0.2) is 30.0 Å². The molecular formula is C17H19ClN2O3. The van der Waals surface area contributed by atoms with E-state index in [1.165, 1.54) is 6.07 Å². The van der Waals surface area contributed by atoms with Gasteiger partial charge in [0.1, 0.15) is 5.15 Å². The SMILES string of the molecule is CCCCCNC(=O)COC(=O)c1cc(Cl)nc2ccccc12. The number of hydrogen-bond acceptors (Lipinski definition) is 4. The Labute approximate surface area is 140 Å². The molecule has 1 amide bonds. The van der Waals surface area contributed by atoms with Crippen molar-refractivity contribution in [3.05, 3.63) is 41.0 Å². The van der Waals surface area contributed by atoms with Crippen LogP contribution < -0.4 is 5.32 Å². The molecule has 0 spiro atoms. The molecule has 1 heterocycles. The van der Waals surface area contributed by atoms with Gasteiger partial charge in [-0.25, -0.2) is 9.78 Å². The molecule has 2 aromatic rings. The minimum Gasteiger partial charge on any atom is -0.452 e. The van der Waals surface area contributed by atoms with Crippen molar-refractivity contribution in [1.82, 2.24) is 10.3 Å². The van der Waals surface area contributed by atoms with Gasteiger partial charge in [0.2, 0.25) is 0 Å². The van der Waals surface area contributed by atoms with E-state index >= 15 is 0 Å². The lowest BCUT2D eigenvalue weighted by molar-refractivity contribution is -0.124. The summed E-state index contributed by atoms with van der Waals surface area (Å²) in [5.74, 6) is -0.895. The van der Waals surface area contributed by atoms with Gasteiger partial charge in [0, 0.05) is 11.9 Å². The number of unbranched alkanes of at least 4 members (excludes halogenated alkanes) is 2. The first-order valence-corrected chi connectivity index (χ1v) is 7.98. The number of pyridine rings is 1. The van der Waals surface area contributed by atoms with Crippen molar-refractivity contribution in [3.63, 3.8) is 0 Å². The van der Waals surface area contributed by atoms with E-state index in [2.05, 4.69) is 17.2 Å². The lowest BCUT2D eigenvalue weighted by Crippen LogP contribution is -2.29. The molecule has 6 heteroatoms. The summed E-state index contributed by atoms with van der Waals surface area (Å²) in [6.07, 6.45) is 3.06. The Kier molecular flexibility index (Phi) is 6.35. The van der Waals surface area contributed by atoms with Crippen molar-refractivity contribution in [1.29, 1.82) is 0 Å². The number of esters is 1. The number of halogens is 1. The fraction of sp³-hybridized carbons (Fsp3) is 0.353. The van der Waals surface area contributed by atoms with Crippen LogP contribution in [-0.2, 0) is 9.53 Å². The van der Waals surface area contributed by atoms with Gasteiger partial charge < -0.3 is 10.1 Å². The van der Waals surface area contributed by atoms with Crippen molar-refractivity contribution in [2.24, 2.45) is 0 Å². The number of amides is 1. The fourth-order valence-electron chi connectivity index (χ4n) is 2.17. The molecule has 1 aromatic heterocycles. The molecule has 1 aromatic carbocycles. The number of aromatic nitrogens is 1. The topological polar surface area (TPSA) is 68.3 Å². The molecule has 0 bridgehead atoms. The smallest absolute Gasteiger partial charge is 0.339 e. The van der Waals surface area contributed by atoms with Gasteiger partial charge in [-0.2, -0.15) is 0 Å². The number of ether oxygens (including phenoxy) is 1. The van der Waals surface area contributed by atoms with Crippen molar-refractivity contribution >= 4 is 34.4 Å². The summed E-state index contributed by atoms with van der Waals surface area (Å²) in [4.78, 5) is 28.0. The van der Waals surface area contributed by atoms with Crippen LogP contribution in [0.1, 0.15) is 36.5 Å². The molecule has 0 aliphatic rings. The molecule has 0 unspecified atom stereocenters. The molecular weight excluding hydrogens is 316 g/mol. The Morgan fingerprint density at radius 1 is 1.26 bits per heavy atom. The molecule has 0 aliphatic carbocycles. The fourth-order valence-corrected chi connectivity index (χ4v) is 2.37. The van der Waals surface area contributed by atoms with Crippen molar-refractivity contribution in [3.8, 4) is 0 Å². The summed E-state index contributed by atoms with van der Waals surface area (Å²) < 4.78 is 5.07. The Hall–Kier alpha value is -2.14. The summed E-state index contributed by atoms with van der Waals surface area (Å²) in [5.41, 5.74) is 0.912. The van der Waals surface area contributed by atoms with E-state index in [0.29, 0.717) is 23.0 Å². The first kappa shape index (κ1) is 17.2. The highest BCUT2D eigenvalue weighted by atomic mass is 35.5. The van der Waals surface area contributed by atoms with Crippen LogP contribution in [0.15, 0.2) is 30.3 Å². The van der Waals surface area contributed by atoms with Crippen LogP contribution in [0.2, 0.25) is 5.15 Å². The van der Waals surface area contributed by atoms with E-state index in [-0.39, 0.29) is 17.7 Å². The normalized spacial score (nSPS) is 10.5. The molecule has 0 aliphatic heterocycles. The maximum atomic E-state index is 12.2. The summed E-state index contributed by atoms with van der Waals surface area (Å²) in [6.45, 7) is 2.38. The molecule has 0 atom stereocenters. The van der Waals surface area contributed by atoms with Gasteiger partial charge >= 0.3 is 5.97 Å². The number of para-hydroxylation sites is 1. The molecule has 0 fully saturated rings. The molecule has 122 valence electrons. The van der Waals surface area contributed by atoms with E-state index < -0.39 is 5.97 Å². The highest BCUT2D eigenvalue weighted by Crippen LogP contribution is 2.21. The van der Waals surface area contributed by atoms with E-state index in [1.54, 1.807) is 18.2 Å². The minimum absolute atomic E-state index is 0.208. The highest BCUT2D eigenvalue weighted by Gasteiger charge is 2.15. The maximum Gasteiger partial charge on any atom is 0.339 e. The zero-order valence-electron chi connectivity index (χ0n) is 13.0. The number of nitrogens with zero attached hydrogens (tertiary/aromatic N) is 1. The summed E-state index contributed by atoms with van der Waals surface area (Å²) in [5, 5.41) is 3.57. The van der Waals surface area contributed by atoms with Crippen LogP contribution in [0.5, 0.6) is 0 Å². The second kappa shape index (κ2) is 8.48. The van der Waals surface area contributed by atoms with Crippen LogP contribution in [0.25, 0.3) is 10.9 Å². The maximum absolute atomic E-state index is 12.2. The molecule has 23 heavy (non-hydrogen) atoms. The zero-order valence-corrected chi connectivity index (χ0v) is 13.7. The van der Waals surface area contributed by atoms with Gasteiger partial charge in [-0.3, -0.25) is 4.79 Å². The third-order valence-electron chi connectivity index (χ3n) is 3.34. The first-order chi connectivity index (χ1) is 11.1. The molecule has 5 nitrogen and oxygen atoms in total. The first-order valence-electron chi connectivity index (χ1n) is 7.61. The number of nitrogens with one attached hydrogen (secondary N) is 1. The molecule has 0 saturated carbocycles. The molecule has 0 radical (unpaired) electrons. The van der Waals surface area contributed by atoms with Crippen LogP contribution in [0, 0.1) is 0 Å². The monoisotopic (exact) mass is 334 g/mol. The predicted octanol–water partition coefficient (Wildman–Crippen LogP) is 3.35. The van der Waals surface area contributed by atoms with Gasteiger partial charge in [-0.05, 0) is 18.6 Å². The van der Waals surface area contributed by atoms with Gasteiger partial charge in [-0.15, -0.1) is 0 Å². The number of carbonyl (C=O) groups is 2. The lowest BCUT2D eigenvalue weighted by atomic mass is 10.1. The third-order valence-corrected chi connectivity index (χ3v) is 3.54. The average Bonchev–Trinajstić information content (AvgIpc) is 2.55. The molecule has 1 N–H and O–H groups in total. The van der Waals surface area contributed by atoms with Crippen LogP contribution in [0.4, 0.5) is 0 Å². The second-order valence-electron chi connectivity index (χ2n) is 5.14. The predicted molar refractivity (Wildman–Crippen MR) is 89.6 cm³/mol. The van der Waals surface area contributed by atoms with Crippen LogP contribution >= 0.6 is 11.6 Å². The van der Waals surface area contributed by atoms with Crippen molar-refractivity contribution in [2.45, 2.75) is 26.2 Å². The van der Waals surface area contributed by atoms with Crippen LogP contribution in [0.3, 0.4) is 0 Å². The number of carbonyl (C=O) groups excluding carboxylic acids is 2. The Morgan fingerprint density at radius 3 is 2.83 bits per heavy atom. The molecule has 2 rings (SSSR count). The average molecular weight is 335 g/mol. The number of hydrogen-bond donors (Lipinski definition) is 1. The van der Waals surface area contributed by atoms with Gasteiger partial charge in [0.05, 0.1) is 11.1 Å². The second-order valence-corrected chi connectivity index (χ2v) is 5.53. The van der Waals surface area contributed by atoms with E-state index in [4.69, 9.17) is 16.3 Å². The van der Waals surface area contributed by atoms with Crippen molar-refractivity contribution in [2.75, 3.05) is 13.2 Å². The number of rotatable bonds is 7.